The van der Waals surface area contributed by atoms with Crippen molar-refractivity contribution in [3.63, 3.8) is 0 Å². The first-order chi connectivity index (χ1) is 14.3. The Bertz CT molecular complexity index is 1280. The summed E-state index contributed by atoms with van der Waals surface area (Å²) < 4.78 is 33.9. The van der Waals surface area contributed by atoms with E-state index >= 15 is 0 Å². The fraction of sp³-hybridized carbons (Fsp3) is 0.263. The van der Waals surface area contributed by atoms with Crippen LogP contribution in [0.3, 0.4) is 0 Å². The standard InChI is InChI=1S/C19H17Cl2N3O5S/c20-14-2-1-13(16(21)9-14)11-24-17-4-3-15(10-18(17)29-19(24)26)30(27,28)23-7-5-22(12-25)6-8-23/h1-4,9-10,12H,5-8,11H2. The van der Waals surface area contributed by atoms with Gasteiger partial charge in [-0.3, -0.25) is 9.36 Å². The van der Waals surface area contributed by atoms with Gasteiger partial charge in [-0.25, -0.2) is 13.2 Å². The quantitative estimate of drug-likeness (QED) is 0.534. The number of amides is 1. The lowest BCUT2D eigenvalue weighted by Crippen LogP contribution is -2.47. The third-order valence-electron chi connectivity index (χ3n) is 5.04. The van der Waals surface area contributed by atoms with Crippen LogP contribution in [-0.4, -0.2) is 54.8 Å². The smallest absolute Gasteiger partial charge is 0.408 e. The molecule has 0 N–H and O–H groups in total. The Morgan fingerprint density at radius 2 is 1.77 bits per heavy atom. The van der Waals surface area contributed by atoms with Gasteiger partial charge in [0.05, 0.1) is 17.0 Å². The molecule has 1 aromatic heterocycles. The van der Waals surface area contributed by atoms with Gasteiger partial charge >= 0.3 is 5.76 Å². The minimum atomic E-state index is -3.78. The normalized spacial score (nSPS) is 15.6. The Hall–Kier alpha value is -2.33. The van der Waals surface area contributed by atoms with Crippen LogP contribution in [0.5, 0.6) is 0 Å². The first-order valence-electron chi connectivity index (χ1n) is 9.06. The van der Waals surface area contributed by atoms with Crippen molar-refractivity contribution in [2.45, 2.75) is 11.4 Å². The highest BCUT2D eigenvalue weighted by Gasteiger charge is 2.29. The molecular weight excluding hydrogens is 453 g/mol. The number of oxazole rings is 1. The van der Waals surface area contributed by atoms with Gasteiger partial charge in [0.2, 0.25) is 16.4 Å². The number of halogens is 2. The SMILES string of the molecule is O=CN1CCN(S(=O)(=O)c2ccc3c(c2)oc(=O)n3Cc2ccc(Cl)cc2Cl)CC1. The second-order valence-corrected chi connectivity index (χ2v) is 9.65. The van der Waals surface area contributed by atoms with Crippen LogP contribution >= 0.6 is 23.2 Å². The number of benzene rings is 2. The molecule has 1 aliphatic heterocycles. The topological polar surface area (TPSA) is 92.8 Å². The highest BCUT2D eigenvalue weighted by atomic mass is 35.5. The maximum atomic E-state index is 12.9. The largest absolute Gasteiger partial charge is 0.420 e. The zero-order chi connectivity index (χ0) is 21.5. The Labute approximate surface area is 182 Å². The van der Waals surface area contributed by atoms with Crippen molar-refractivity contribution < 1.29 is 17.6 Å². The van der Waals surface area contributed by atoms with E-state index < -0.39 is 15.8 Å². The lowest BCUT2D eigenvalue weighted by atomic mass is 10.2. The van der Waals surface area contributed by atoms with Crippen LogP contribution in [0.25, 0.3) is 11.1 Å². The highest BCUT2D eigenvalue weighted by Crippen LogP contribution is 2.25. The maximum Gasteiger partial charge on any atom is 0.420 e. The van der Waals surface area contributed by atoms with E-state index in [-0.39, 0.29) is 30.1 Å². The summed E-state index contributed by atoms with van der Waals surface area (Å²) in [4.78, 5) is 24.8. The summed E-state index contributed by atoms with van der Waals surface area (Å²) in [6.45, 7) is 1.23. The molecule has 2 heterocycles. The summed E-state index contributed by atoms with van der Waals surface area (Å²) in [5.41, 5.74) is 1.30. The van der Waals surface area contributed by atoms with Gasteiger partial charge in [-0.05, 0) is 29.8 Å². The van der Waals surface area contributed by atoms with Crippen molar-refractivity contribution in [2.75, 3.05) is 26.2 Å². The number of fused-ring (bicyclic) bond motifs is 1. The molecule has 0 unspecified atom stereocenters. The number of sulfonamides is 1. The van der Waals surface area contributed by atoms with Crippen molar-refractivity contribution in [3.8, 4) is 0 Å². The minimum Gasteiger partial charge on any atom is -0.408 e. The fourth-order valence-electron chi connectivity index (χ4n) is 3.38. The maximum absolute atomic E-state index is 12.9. The number of hydrogen-bond acceptors (Lipinski definition) is 5. The van der Waals surface area contributed by atoms with Gasteiger partial charge in [-0.2, -0.15) is 4.31 Å². The molecule has 0 bridgehead atoms. The monoisotopic (exact) mass is 469 g/mol. The molecule has 0 atom stereocenters. The summed E-state index contributed by atoms with van der Waals surface area (Å²) in [5, 5.41) is 0.898. The van der Waals surface area contributed by atoms with Crippen molar-refractivity contribution in [3.05, 3.63) is 62.6 Å². The molecule has 1 aliphatic rings. The van der Waals surface area contributed by atoms with Gasteiger partial charge in [0, 0.05) is 42.3 Å². The number of hydrogen-bond donors (Lipinski definition) is 0. The molecule has 8 nitrogen and oxygen atoms in total. The van der Waals surface area contributed by atoms with Gasteiger partial charge < -0.3 is 9.32 Å². The van der Waals surface area contributed by atoms with Gasteiger partial charge in [0.1, 0.15) is 0 Å². The molecule has 4 rings (SSSR count). The van der Waals surface area contributed by atoms with E-state index in [9.17, 15) is 18.0 Å². The minimum absolute atomic E-state index is 0.0278. The molecule has 2 aromatic carbocycles. The molecule has 1 amide bonds. The number of carbonyl (C=O) groups is 1. The predicted molar refractivity (Wildman–Crippen MR) is 112 cm³/mol. The number of carbonyl (C=O) groups excluding carboxylic acids is 1. The molecule has 0 saturated carbocycles. The van der Waals surface area contributed by atoms with Gasteiger partial charge in [0.25, 0.3) is 0 Å². The first kappa shape index (κ1) is 20.9. The zero-order valence-electron chi connectivity index (χ0n) is 15.6. The van der Waals surface area contributed by atoms with Crippen molar-refractivity contribution in [2.24, 2.45) is 0 Å². The Morgan fingerprint density at radius 3 is 2.43 bits per heavy atom. The molecule has 3 aromatic rings. The average Bonchev–Trinajstić information content (AvgIpc) is 3.04. The second kappa shape index (κ2) is 8.07. The van der Waals surface area contributed by atoms with Crippen LogP contribution in [0.4, 0.5) is 0 Å². The number of nitrogens with zero attached hydrogens (tertiary/aromatic N) is 3. The third kappa shape index (κ3) is 3.85. The number of rotatable bonds is 5. The predicted octanol–water partition coefficient (Wildman–Crippen LogP) is 2.41. The van der Waals surface area contributed by atoms with Gasteiger partial charge in [-0.15, -0.1) is 0 Å². The highest BCUT2D eigenvalue weighted by molar-refractivity contribution is 7.89. The van der Waals surface area contributed by atoms with E-state index in [0.29, 0.717) is 40.6 Å². The fourth-order valence-corrected chi connectivity index (χ4v) is 5.28. The van der Waals surface area contributed by atoms with Gasteiger partial charge in [0.15, 0.2) is 5.58 Å². The van der Waals surface area contributed by atoms with Crippen LogP contribution < -0.4 is 5.76 Å². The van der Waals surface area contributed by atoms with E-state index in [4.69, 9.17) is 27.6 Å². The summed E-state index contributed by atoms with van der Waals surface area (Å²) in [7, 11) is -3.78. The van der Waals surface area contributed by atoms with E-state index in [1.54, 1.807) is 24.3 Å². The van der Waals surface area contributed by atoms with Crippen molar-refractivity contribution >= 4 is 50.7 Å². The van der Waals surface area contributed by atoms with E-state index in [2.05, 4.69) is 0 Å². The summed E-state index contributed by atoms with van der Waals surface area (Å²) in [6, 6.07) is 9.30. The summed E-state index contributed by atoms with van der Waals surface area (Å²) in [5.74, 6) is -0.620. The lowest BCUT2D eigenvalue weighted by Gasteiger charge is -2.31. The molecule has 0 spiro atoms. The third-order valence-corrected chi connectivity index (χ3v) is 7.52. The average molecular weight is 470 g/mol. The Balaban J connectivity index is 1.66. The van der Waals surface area contributed by atoms with E-state index in [1.165, 1.54) is 25.9 Å². The van der Waals surface area contributed by atoms with Gasteiger partial charge in [-0.1, -0.05) is 29.3 Å². The molecule has 30 heavy (non-hydrogen) atoms. The molecule has 11 heteroatoms. The molecule has 0 radical (unpaired) electrons. The van der Waals surface area contributed by atoms with E-state index in [0.717, 1.165) is 0 Å². The first-order valence-corrected chi connectivity index (χ1v) is 11.3. The second-order valence-electron chi connectivity index (χ2n) is 6.86. The summed E-state index contributed by atoms with van der Waals surface area (Å²) >= 11 is 12.1. The van der Waals surface area contributed by atoms with Crippen LogP contribution in [-0.2, 0) is 21.4 Å². The molecule has 1 fully saturated rings. The van der Waals surface area contributed by atoms with Crippen LogP contribution in [0.2, 0.25) is 10.0 Å². The zero-order valence-corrected chi connectivity index (χ0v) is 18.0. The van der Waals surface area contributed by atoms with Crippen LogP contribution in [0.15, 0.2) is 50.5 Å². The molecular formula is C19H17Cl2N3O5S. The van der Waals surface area contributed by atoms with Crippen molar-refractivity contribution in [1.29, 1.82) is 0 Å². The lowest BCUT2D eigenvalue weighted by molar-refractivity contribution is -0.119. The summed E-state index contributed by atoms with van der Waals surface area (Å²) in [6.07, 6.45) is 0.709. The number of aromatic nitrogens is 1. The molecule has 1 saturated heterocycles. The Kier molecular flexibility index (Phi) is 5.63. The molecule has 0 aliphatic carbocycles. The molecule has 158 valence electrons. The Morgan fingerprint density at radius 1 is 1.03 bits per heavy atom. The van der Waals surface area contributed by atoms with Crippen LogP contribution in [0.1, 0.15) is 5.56 Å². The van der Waals surface area contributed by atoms with Crippen LogP contribution in [0, 0.1) is 0 Å². The van der Waals surface area contributed by atoms with E-state index in [1.807, 2.05) is 0 Å². The number of piperazine rings is 1. The van der Waals surface area contributed by atoms with Crippen molar-refractivity contribution in [1.82, 2.24) is 13.8 Å².